The average Bonchev–Trinajstić information content (AvgIpc) is 2.96. The monoisotopic (exact) mass is 542 g/mol. The lowest BCUT2D eigenvalue weighted by Gasteiger charge is -2.27. The van der Waals surface area contributed by atoms with Crippen molar-refractivity contribution in [2.24, 2.45) is 5.10 Å². The smallest absolute Gasteiger partial charge is 0.303 e. The molecule has 0 fully saturated rings. The standard InChI is InChI=1S/C31H34N4O5/c1-4-34(3)29(30(39)32-26-12-8-11-23(21(26)2)17-18-28(37)38)24-15-13-22(14-16-24)19-35-27(36)20-40-31(33-35)25-9-6-5-7-10-25/h5-16,29H,4,17-20H2,1-3H3,(H,32,39)(H,37,38). The SMILES string of the molecule is CCN(C)C(C(=O)Nc1cccc(CCC(=O)O)c1C)c1ccc(CN2N=C(c3ccccc3)OCC2=O)cc1. The second kappa shape index (κ2) is 13.0. The van der Waals surface area contributed by atoms with Gasteiger partial charge in [0.15, 0.2) is 6.61 Å². The summed E-state index contributed by atoms with van der Waals surface area (Å²) in [6, 6.07) is 22.0. The molecule has 9 nitrogen and oxygen atoms in total. The quantitative estimate of drug-likeness (QED) is 0.372. The van der Waals surface area contributed by atoms with Crippen LogP contribution in [0.5, 0.6) is 0 Å². The van der Waals surface area contributed by atoms with E-state index in [0.717, 1.165) is 27.8 Å². The number of aliphatic carboxylic acids is 1. The number of carbonyl (C=O) groups is 3. The van der Waals surface area contributed by atoms with Crippen molar-refractivity contribution in [3.8, 4) is 0 Å². The van der Waals surface area contributed by atoms with Gasteiger partial charge in [0.1, 0.15) is 6.04 Å². The number of rotatable bonds is 11. The lowest BCUT2D eigenvalue weighted by atomic mass is 10.0. The first kappa shape index (κ1) is 28.5. The van der Waals surface area contributed by atoms with Crippen LogP contribution in [0.4, 0.5) is 5.69 Å². The highest BCUT2D eigenvalue weighted by Gasteiger charge is 2.26. The summed E-state index contributed by atoms with van der Waals surface area (Å²) in [4.78, 5) is 39.0. The highest BCUT2D eigenvalue weighted by atomic mass is 16.5. The first-order chi connectivity index (χ1) is 19.3. The third-order valence-electron chi connectivity index (χ3n) is 6.98. The van der Waals surface area contributed by atoms with Crippen LogP contribution in [-0.2, 0) is 32.1 Å². The van der Waals surface area contributed by atoms with Gasteiger partial charge in [-0.15, -0.1) is 5.10 Å². The molecule has 3 aromatic rings. The third-order valence-corrected chi connectivity index (χ3v) is 6.98. The van der Waals surface area contributed by atoms with Crippen LogP contribution in [0.15, 0.2) is 77.9 Å². The van der Waals surface area contributed by atoms with Gasteiger partial charge in [0, 0.05) is 17.7 Å². The number of anilines is 1. The van der Waals surface area contributed by atoms with Crippen molar-refractivity contribution in [2.75, 3.05) is 25.5 Å². The van der Waals surface area contributed by atoms with E-state index in [1.165, 1.54) is 5.01 Å². The Balaban J connectivity index is 1.50. The van der Waals surface area contributed by atoms with Gasteiger partial charge in [0.25, 0.3) is 5.91 Å². The van der Waals surface area contributed by atoms with Crippen molar-refractivity contribution in [2.45, 2.75) is 39.3 Å². The van der Waals surface area contributed by atoms with Gasteiger partial charge in [-0.05, 0) is 67.4 Å². The second-order valence-corrected chi connectivity index (χ2v) is 9.70. The number of ether oxygens (including phenoxy) is 1. The minimum atomic E-state index is -0.858. The van der Waals surface area contributed by atoms with Crippen molar-refractivity contribution in [1.29, 1.82) is 0 Å². The topological polar surface area (TPSA) is 112 Å². The molecule has 0 aliphatic carbocycles. The molecule has 1 atom stereocenters. The van der Waals surface area contributed by atoms with Gasteiger partial charge < -0.3 is 15.2 Å². The molecule has 0 aromatic heterocycles. The highest BCUT2D eigenvalue weighted by Crippen LogP contribution is 2.26. The molecule has 1 aliphatic heterocycles. The Kier molecular flexibility index (Phi) is 9.29. The molecule has 2 amide bonds. The summed E-state index contributed by atoms with van der Waals surface area (Å²) in [5.41, 5.74) is 4.89. The Morgan fingerprint density at radius 2 is 1.80 bits per heavy atom. The summed E-state index contributed by atoms with van der Waals surface area (Å²) in [5.74, 6) is -0.868. The van der Waals surface area contributed by atoms with Crippen molar-refractivity contribution in [3.63, 3.8) is 0 Å². The molecule has 0 radical (unpaired) electrons. The number of carboxylic acid groups (broad SMARTS) is 1. The Hall–Kier alpha value is -4.50. The zero-order valence-corrected chi connectivity index (χ0v) is 23.0. The van der Waals surface area contributed by atoms with Crippen LogP contribution in [0.2, 0.25) is 0 Å². The summed E-state index contributed by atoms with van der Waals surface area (Å²) in [6.45, 7) is 4.72. The number of carbonyl (C=O) groups excluding carboxylic acids is 2. The van der Waals surface area contributed by atoms with E-state index in [-0.39, 0.29) is 31.4 Å². The molecule has 9 heteroatoms. The molecule has 3 aromatic carbocycles. The molecule has 1 aliphatic rings. The van der Waals surface area contributed by atoms with Gasteiger partial charge >= 0.3 is 5.97 Å². The summed E-state index contributed by atoms with van der Waals surface area (Å²) in [7, 11) is 1.89. The van der Waals surface area contributed by atoms with E-state index in [9.17, 15) is 14.4 Å². The minimum absolute atomic E-state index is 0.0285. The molecule has 0 saturated heterocycles. The fourth-order valence-corrected chi connectivity index (χ4v) is 4.54. The van der Waals surface area contributed by atoms with E-state index in [0.29, 0.717) is 24.6 Å². The number of nitrogens with zero attached hydrogens (tertiary/aromatic N) is 3. The van der Waals surface area contributed by atoms with Gasteiger partial charge in [-0.1, -0.05) is 61.5 Å². The predicted octanol–water partition coefficient (Wildman–Crippen LogP) is 4.36. The molecular weight excluding hydrogens is 508 g/mol. The van der Waals surface area contributed by atoms with E-state index < -0.39 is 12.0 Å². The Bertz CT molecular complexity index is 1390. The summed E-state index contributed by atoms with van der Waals surface area (Å²) < 4.78 is 5.53. The number of aryl methyl sites for hydroxylation is 1. The number of hydrogen-bond acceptors (Lipinski definition) is 6. The molecule has 0 bridgehead atoms. The maximum absolute atomic E-state index is 13.5. The second-order valence-electron chi connectivity index (χ2n) is 9.70. The molecule has 1 heterocycles. The first-order valence-corrected chi connectivity index (χ1v) is 13.2. The molecule has 208 valence electrons. The van der Waals surface area contributed by atoms with E-state index in [4.69, 9.17) is 9.84 Å². The van der Waals surface area contributed by atoms with E-state index in [2.05, 4.69) is 10.4 Å². The fourth-order valence-electron chi connectivity index (χ4n) is 4.54. The Morgan fingerprint density at radius 1 is 1.07 bits per heavy atom. The lowest BCUT2D eigenvalue weighted by Crippen LogP contribution is -2.36. The first-order valence-electron chi connectivity index (χ1n) is 13.2. The van der Waals surface area contributed by atoms with E-state index in [1.807, 2.05) is 98.6 Å². The average molecular weight is 543 g/mol. The van der Waals surface area contributed by atoms with Gasteiger partial charge in [0.05, 0.1) is 6.54 Å². The van der Waals surface area contributed by atoms with Crippen molar-refractivity contribution in [3.05, 3.63) is 101 Å². The number of amides is 2. The van der Waals surface area contributed by atoms with Crippen LogP contribution in [0.25, 0.3) is 0 Å². The molecular formula is C31H34N4O5. The number of carboxylic acids is 1. The zero-order chi connectivity index (χ0) is 28.6. The third kappa shape index (κ3) is 6.92. The minimum Gasteiger partial charge on any atom is -0.481 e. The zero-order valence-electron chi connectivity index (χ0n) is 23.0. The van der Waals surface area contributed by atoms with Crippen molar-refractivity contribution >= 4 is 29.4 Å². The van der Waals surface area contributed by atoms with Gasteiger partial charge in [-0.2, -0.15) is 0 Å². The molecule has 4 rings (SSSR count). The number of benzene rings is 3. The molecule has 40 heavy (non-hydrogen) atoms. The van der Waals surface area contributed by atoms with Crippen molar-refractivity contribution in [1.82, 2.24) is 9.91 Å². The summed E-state index contributed by atoms with van der Waals surface area (Å²) >= 11 is 0. The normalized spacial score (nSPS) is 13.9. The van der Waals surface area contributed by atoms with Crippen LogP contribution in [0.1, 0.15) is 47.2 Å². The number of nitrogens with one attached hydrogen (secondary N) is 1. The predicted molar refractivity (Wildman–Crippen MR) is 153 cm³/mol. The van der Waals surface area contributed by atoms with Crippen LogP contribution in [-0.4, -0.2) is 58.9 Å². The van der Waals surface area contributed by atoms with Gasteiger partial charge in [-0.3, -0.25) is 19.3 Å². The molecule has 1 unspecified atom stereocenters. The lowest BCUT2D eigenvalue weighted by molar-refractivity contribution is -0.137. The fraction of sp³-hybridized carbons (Fsp3) is 0.290. The van der Waals surface area contributed by atoms with E-state index in [1.54, 1.807) is 0 Å². The van der Waals surface area contributed by atoms with E-state index >= 15 is 0 Å². The van der Waals surface area contributed by atoms with Gasteiger partial charge in [0.2, 0.25) is 11.8 Å². The molecule has 2 N–H and O–H groups in total. The van der Waals surface area contributed by atoms with Crippen LogP contribution >= 0.6 is 0 Å². The molecule has 0 spiro atoms. The largest absolute Gasteiger partial charge is 0.481 e. The van der Waals surface area contributed by atoms with Crippen LogP contribution in [0, 0.1) is 6.92 Å². The van der Waals surface area contributed by atoms with Crippen molar-refractivity contribution < 1.29 is 24.2 Å². The maximum Gasteiger partial charge on any atom is 0.303 e. The number of likely N-dealkylation sites (N-methyl/N-ethyl adjacent to an activating group) is 1. The Labute approximate surface area is 234 Å². The van der Waals surface area contributed by atoms with Gasteiger partial charge in [-0.25, -0.2) is 5.01 Å². The maximum atomic E-state index is 13.5. The highest BCUT2D eigenvalue weighted by molar-refractivity contribution is 5.98. The van der Waals surface area contributed by atoms with Crippen LogP contribution in [0.3, 0.4) is 0 Å². The number of hydrogen-bond donors (Lipinski definition) is 2. The molecule has 0 saturated carbocycles. The van der Waals surface area contributed by atoms with Crippen LogP contribution < -0.4 is 5.32 Å². The Morgan fingerprint density at radius 3 is 2.48 bits per heavy atom. The summed E-state index contributed by atoms with van der Waals surface area (Å²) in [6.07, 6.45) is 0.424. The number of hydrazone groups is 1. The summed E-state index contributed by atoms with van der Waals surface area (Å²) in [5, 5.41) is 17.9.